The van der Waals surface area contributed by atoms with Crippen molar-refractivity contribution in [2.75, 3.05) is 0 Å². The van der Waals surface area contributed by atoms with Crippen molar-refractivity contribution in [1.29, 1.82) is 0 Å². The van der Waals surface area contributed by atoms with Gasteiger partial charge in [-0.1, -0.05) is 78.9 Å². The molecule has 0 saturated heterocycles. The van der Waals surface area contributed by atoms with Crippen molar-refractivity contribution in [2.24, 2.45) is 0 Å². The smallest absolute Gasteiger partial charge is 0.195 e. The van der Waals surface area contributed by atoms with Crippen LogP contribution in [-0.4, -0.2) is 5.78 Å². The van der Waals surface area contributed by atoms with Crippen LogP contribution < -0.4 is 4.74 Å². The Kier molecular flexibility index (Phi) is 6.53. The quantitative estimate of drug-likeness (QED) is 0.235. The summed E-state index contributed by atoms with van der Waals surface area (Å²) in [7, 11) is 0. The van der Waals surface area contributed by atoms with Gasteiger partial charge in [-0.3, -0.25) is 4.79 Å². The average Bonchev–Trinajstić information content (AvgIpc) is 3.26. The summed E-state index contributed by atoms with van der Waals surface area (Å²) in [5, 5.41) is 0. The molecule has 3 heteroatoms. The Morgan fingerprint density at radius 3 is 2.20 bits per heavy atom. The van der Waals surface area contributed by atoms with Gasteiger partial charge in [0.1, 0.15) is 12.4 Å². The molecule has 4 aromatic rings. The molecule has 1 heterocycles. The highest BCUT2D eigenvalue weighted by Gasteiger charge is 2.08. The van der Waals surface area contributed by atoms with Crippen molar-refractivity contribution >= 4 is 23.2 Å². The molecular formula is C27H22O2S. The number of rotatable bonds is 8. The van der Waals surface area contributed by atoms with Crippen molar-refractivity contribution in [1.82, 2.24) is 0 Å². The summed E-state index contributed by atoms with van der Waals surface area (Å²) >= 11 is 1.55. The van der Waals surface area contributed by atoms with E-state index in [4.69, 9.17) is 4.74 Å². The molecule has 4 rings (SSSR count). The zero-order valence-electron chi connectivity index (χ0n) is 16.5. The van der Waals surface area contributed by atoms with Gasteiger partial charge in [0.2, 0.25) is 0 Å². The van der Waals surface area contributed by atoms with Crippen LogP contribution in [0.15, 0.2) is 103 Å². The third-order valence-electron chi connectivity index (χ3n) is 4.70. The van der Waals surface area contributed by atoms with Crippen molar-refractivity contribution in [3.63, 3.8) is 0 Å². The lowest BCUT2D eigenvalue weighted by molar-refractivity contribution is 0.105. The van der Waals surface area contributed by atoms with Gasteiger partial charge >= 0.3 is 0 Å². The second-order valence-corrected chi connectivity index (χ2v) is 8.11. The van der Waals surface area contributed by atoms with Crippen LogP contribution in [0, 0.1) is 0 Å². The summed E-state index contributed by atoms with van der Waals surface area (Å²) in [6.45, 7) is 0.493. The molecule has 0 aliphatic carbocycles. The lowest BCUT2D eigenvalue weighted by Crippen LogP contribution is -1.97. The van der Waals surface area contributed by atoms with E-state index in [1.165, 1.54) is 10.4 Å². The predicted octanol–water partition coefficient (Wildman–Crippen LogP) is 6.81. The number of ketones is 1. The standard InChI is InChI=1S/C27H22O2S/c28-25(27-18-16-24(30-27)19-21-9-3-1-4-10-21)17-15-23-13-7-8-14-26(23)29-20-22-11-5-2-6-12-22/h1-18H,19-20H2/b17-15+. The van der Waals surface area contributed by atoms with Gasteiger partial charge in [0.25, 0.3) is 0 Å². The Labute approximate surface area is 181 Å². The van der Waals surface area contributed by atoms with Crippen LogP contribution in [0.1, 0.15) is 31.2 Å². The second-order valence-electron chi connectivity index (χ2n) is 6.94. The normalized spacial score (nSPS) is 10.9. The number of carbonyl (C=O) groups excluding carboxylic acids is 1. The summed E-state index contributed by atoms with van der Waals surface area (Å²) in [5.41, 5.74) is 3.25. The van der Waals surface area contributed by atoms with Gasteiger partial charge in [0.05, 0.1) is 4.88 Å². The highest BCUT2D eigenvalue weighted by Crippen LogP contribution is 2.23. The molecule has 0 spiro atoms. The van der Waals surface area contributed by atoms with Crippen molar-refractivity contribution in [3.8, 4) is 5.75 Å². The number of allylic oxidation sites excluding steroid dienone is 1. The first-order valence-corrected chi connectivity index (χ1v) is 10.7. The molecule has 0 fully saturated rings. The molecule has 148 valence electrons. The van der Waals surface area contributed by atoms with E-state index in [-0.39, 0.29) is 5.78 Å². The minimum Gasteiger partial charge on any atom is -0.488 e. The lowest BCUT2D eigenvalue weighted by atomic mass is 10.1. The van der Waals surface area contributed by atoms with Gasteiger partial charge in [0, 0.05) is 16.9 Å². The van der Waals surface area contributed by atoms with E-state index in [1.54, 1.807) is 17.4 Å². The maximum Gasteiger partial charge on any atom is 0.195 e. The number of benzene rings is 3. The van der Waals surface area contributed by atoms with Crippen LogP contribution in [0.25, 0.3) is 6.08 Å². The van der Waals surface area contributed by atoms with E-state index in [0.717, 1.165) is 28.2 Å². The molecule has 0 bridgehead atoms. The molecular weight excluding hydrogens is 388 g/mol. The minimum absolute atomic E-state index is 0.0113. The molecule has 0 aliphatic rings. The second kappa shape index (κ2) is 9.86. The number of para-hydroxylation sites is 1. The molecule has 3 aromatic carbocycles. The van der Waals surface area contributed by atoms with Crippen LogP contribution >= 0.6 is 11.3 Å². The fourth-order valence-electron chi connectivity index (χ4n) is 3.13. The Hall–Kier alpha value is -3.43. The molecule has 0 radical (unpaired) electrons. The molecule has 0 saturated carbocycles. The molecule has 30 heavy (non-hydrogen) atoms. The first-order valence-electron chi connectivity index (χ1n) is 9.89. The Morgan fingerprint density at radius 1 is 0.767 bits per heavy atom. The van der Waals surface area contributed by atoms with Crippen molar-refractivity contribution in [2.45, 2.75) is 13.0 Å². The number of ether oxygens (including phenoxy) is 1. The Balaban J connectivity index is 1.42. The van der Waals surface area contributed by atoms with Gasteiger partial charge < -0.3 is 4.74 Å². The third-order valence-corrected chi connectivity index (χ3v) is 5.80. The van der Waals surface area contributed by atoms with Gasteiger partial charge in [-0.05, 0) is 41.5 Å². The molecule has 0 unspecified atom stereocenters. The highest BCUT2D eigenvalue weighted by molar-refractivity contribution is 7.14. The Bertz CT molecular complexity index is 1130. The average molecular weight is 411 g/mol. The largest absolute Gasteiger partial charge is 0.488 e. The summed E-state index contributed by atoms with van der Waals surface area (Å²) < 4.78 is 5.97. The maximum atomic E-state index is 12.7. The highest BCUT2D eigenvalue weighted by atomic mass is 32.1. The van der Waals surface area contributed by atoms with Crippen LogP contribution in [0.2, 0.25) is 0 Å². The van der Waals surface area contributed by atoms with Crippen molar-refractivity contribution < 1.29 is 9.53 Å². The summed E-state index contributed by atoms with van der Waals surface area (Å²) in [5.74, 6) is 0.776. The van der Waals surface area contributed by atoms with E-state index >= 15 is 0 Å². The number of thiophene rings is 1. The lowest BCUT2D eigenvalue weighted by Gasteiger charge is -2.09. The van der Waals surface area contributed by atoms with Gasteiger partial charge in [-0.2, -0.15) is 0 Å². The fraction of sp³-hybridized carbons (Fsp3) is 0.0741. The van der Waals surface area contributed by atoms with Crippen LogP contribution in [0.4, 0.5) is 0 Å². The fourth-order valence-corrected chi connectivity index (χ4v) is 4.10. The van der Waals surface area contributed by atoms with Gasteiger partial charge in [0.15, 0.2) is 5.78 Å². The predicted molar refractivity (Wildman–Crippen MR) is 124 cm³/mol. The molecule has 0 aliphatic heterocycles. The first kappa shape index (κ1) is 19.9. The zero-order valence-corrected chi connectivity index (χ0v) is 17.3. The zero-order chi connectivity index (χ0) is 20.6. The van der Waals surface area contributed by atoms with Crippen LogP contribution in [0.5, 0.6) is 5.75 Å². The number of hydrogen-bond donors (Lipinski definition) is 0. The summed E-state index contributed by atoms with van der Waals surface area (Å²) in [4.78, 5) is 14.6. The van der Waals surface area contributed by atoms with E-state index in [0.29, 0.717) is 6.61 Å². The van der Waals surface area contributed by atoms with Crippen LogP contribution in [0.3, 0.4) is 0 Å². The monoisotopic (exact) mass is 410 g/mol. The minimum atomic E-state index is 0.0113. The van der Waals surface area contributed by atoms with Gasteiger partial charge in [-0.25, -0.2) is 0 Å². The van der Waals surface area contributed by atoms with E-state index in [1.807, 2.05) is 91.0 Å². The summed E-state index contributed by atoms with van der Waals surface area (Å²) in [6.07, 6.45) is 4.31. The first-order chi connectivity index (χ1) is 14.8. The van der Waals surface area contributed by atoms with Crippen LogP contribution in [-0.2, 0) is 13.0 Å². The summed E-state index contributed by atoms with van der Waals surface area (Å²) in [6, 6.07) is 32.1. The Morgan fingerprint density at radius 2 is 1.43 bits per heavy atom. The number of hydrogen-bond acceptors (Lipinski definition) is 3. The van der Waals surface area contributed by atoms with E-state index in [2.05, 4.69) is 12.1 Å². The molecule has 0 atom stereocenters. The SMILES string of the molecule is O=C(/C=C/c1ccccc1OCc1ccccc1)c1ccc(Cc2ccccc2)s1. The van der Waals surface area contributed by atoms with Gasteiger partial charge in [-0.15, -0.1) is 11.3 Å². The molecule has 2 nitrogen and oxygen atoms in total. The third kappa shape index (κ3) is 5.34. The van der Waals surface area contributed by atoms with E-state index in [9.17, 15) is 4.79 Å². The molecule has 0 N–H and O–H groups in total. The van der Waals surface area contributed by atoms with E-state index < -0.39 is 0 Å². The van der Waals surface area contributed by atoms with Crippen molar-refractivity contribution in [3.05, 3.63) is 130 Å². The molecule has 1 aromatic heterocycles. The molecule has 0 amide bonds. The maximum absolute atomic E-state index is 12.7. The number of carbonyl (C=O) groups is 1. The topological polar surface area (TPSA) is 26.3 Å².